The van der Waals surface area contributed by atoms with Crippen molar-refractivity contribution in [1.29, 1.82) is 0 Å². The van der Waals surface area contributed by atoms with Crippen LogP contribution in [0.2, 0.25) is 0 Å². The number of aliphatic hydroxyl groups excluding tert-OH is 1. The molecule has 1 atom stereocenters. The lowest BCUT2D eigenvalue weighted by molar-refractivity contribution is -0.384. The second kappa shape index (κ2) is 5.23. The van der Waals surface area contributed by atoms with Crippen molar-refractivity contribution in [2.75, 3.05) is 18.9 Å². The lowest BCUT2D eigenvalue weighted by atomic mass is 10.1. The van der Waals surface area contributed by atoms with Crippen LogP contribution < -0.4 is 5.73 Å². The molecule has 1 aliphatic rings. The second-order valence-electron chi connectivity index (χ2n) is 4.51. The zero-order valence-corrected chi connectivity index (χ0v) is 10.3. The predicted molar refractivity (Wildman–Crippen MR) is 68.7 cm³/mol. The minimum atomic E-state index is -0.566. The molecule has 0 aromatic heterocycles. The van der Waals surface area contributed by atoms with E-state index in [4.69, 9.17) is 5.73 Å². The summed E-state index contributed by atoms with van der Waals surface area (Å²) in [6.07, 6.45) is 1.54. The lowest BCUT2D eigenvalue weighted by Gasteiger charge is -2.23. The molecule has 0 bridgehead atoms. The molecule has 1 aromatic carbocycles. The van der Waals surface area contributed by atoms with Gasteiger partial charge in [-0.05, 0) is 18.9 Å². The van der Waals surface area contributed by atoms with Gasteiger partial charge in [0.25, 0.3) is 11.6 Å². The Labute approximate surface area is 109 Å². The summed E-state index contributed by atoms with van der Waals surface area (Å²) in [5.41, 5.74) is 5.87. The van der Waals surface area contributed by atoms with Crippen LogP contribution in [0.25, 0.3) is 0 Å². The number of carbonyl (C=O) groups is 1. The van der Waals surface area contributed by atoms with Gasteiger partial charge in [-0.1, -0.05) is 0 Å². The van der Waals surface area contributed by atoms with Crippen LogP contribution >= 0.6 is 0 Å². The van der Waals surface area contributed by atoms with E-state index in [0.29, 0.717) is 6.54 Å². The molecule has 2 rings (SSSR count). The first-order valence-electron chi connectivity index (χ1n) is 6.00. The minimum absolute atomic E-state index is 0.111. The van der Waals surface area contributed by atoms with Gasteiger partial charge in [0.15, 0.2) is 0 Å². The number of nitrogens with zero attached hydrogens (tertiary/aromatic N) is 2. The van der Waals surface area contributed by atoms with E-state index in [1.807, 2.05) is 0 Å². The number of nitro benzene ring substituents is 1. The van der Waals surface area contributed by atoms with Crippen molar-refractivity contribution in [2.45, 2.75) is 18.9 Å². The number of nitro groups is 1. The highest BCUT2D eigenvalue weighted by atomic mass is 16.6. The van der Waals surface area contributed by atoms with Gasteiger partial charge in [-0.3, -0.25) is 14.9 Å². The smallest absolute Gasteiger partial charge is 0.270 e. The number of likely N-dealkylation sites (tertiary alicyclic amines) is 1. The second-order valence-corrected chi connectivity index (χ2v) is 4.51. The highest BCUT2D eigenvalue weighted by Gasteiger charge is 2.30. The number of nitrogen functional groups attached to an aromatic ring is 1. The van der Waals surface area contributed by atoms with Gasteiger partial charge in [0, 0.05) is 24.4 Å². The third kappa shape index (κ3) is 2.50. The molecular formula is C12H15N3O4. The van der Waals surface area contributed by atoms with E-state index < -0.39 is 4.92 Å². The molecule has 0 saturated carbocycles. The number of nitrogens with two attached hydrogens (primary N) is 1. The maximum absolute atomic E-state index is 12.3. The average molecular weight is 265 g/mol. The third-order valence-corrected chi connectivity index (χ3v) is 3.33. The first-order chi connectivity index (χ1) is 9.04. The molecule has 1 aromatic rings. The first kappa shape index (κ1) is 13.3. The number of benzene rings is 1. The molecule has 7 nitrogen and oxygen atoms in total. The Morgan fingerprint density at radius 2 is 2.32 bits per heavy atom. The normalized spacial score (nSPS) is 18.6. The van der Waals surface area contributed by atoms with Crippen LogP contribution in [0.15, 0.2) is 18.2 Å². The number of hydrogen-bond acceptors (Lipinski definition) is 5. The van der Waals surface area contributed by atoms with Crippen molar-refractivity contribution in [3.63, 3.8) is 0 Å². The standard InChI is InChI=1S/C12H15N3O4/c13-11-4-3-8(15(18)19)6-10(11)12(17)14-5-1-2-9(14)7-16/h3-4,6,9,16H,1-2,5,7,13H2. The molecule has 3 N–H and O–H groups in total. The number of hydrogen-bond donors (Lipinski definition) is 2. The zero-order valence-electron chi connectivity index (χ0n) is 10.3. The predicted octanol–water partition coefficient (Wildman–Crippen LogP) is 0.774. The zero-order chi connectivity index (χ0) is 14.0. The first-order valence-corrected chi connectivity index (χ1v) is 6.00. The molecule has 1 amide bonds. The van der Waals surface area contributed by atoms with Crippen LogP contribution in [0.4, 0.5) is 11.4 Å². The molecule has 1 saturated heterocycles. The maximum atomic E-state index is 12.3. The van der Waals surface area contributed by atoms with Gasteiger partial charge in [0.1, 0.15) is 0 Å². The minimum Gasteiger partial charge on any atom is -0.398 e. The van der Waals surface area contributed by atoms with Crippen LogP contribution in [0, 0.1) is 10.1 Å². The molecule has 1 aliphatic heterocycles. The van der Waals surface area contributed by atoms with E-state index in [-0.39, 0.29) is 35.5 Å². The number of carbonyl (C=O) groups excluding carboxylic acids is 1. The summed E-state index contributed by atoms with van der Waals surface area (Å²) in [6, 6.07) is 3.57. The Balaban J connectivity index is 2.32. The quantitative estimate of drug-likeness (QED) is 0.476. The summed E-state index contributed by atoms with van der Waals surface area (Å²) in [6.45, 7) is 0.423. The monoisotopic (exact) mass is 265 g/mol. The molecule has 102 valence electrons. The summed E-state index contributed by atoms with van der Waals surface area (Å²) in [5.74, 6) is -0.363. The Bertz CT molecular complexity index is 518. The number of amides is 1. The van der Waals surface area contributed by atoms with E-state index in [1.54, 1.807) is 0 Å². The molecule has 0 aliphatic carbocycles. The van der Waals surface area contributed by atoms with Crippen molar-refractivity contribution in [1.82, 2.24) is 4.90 Å². The number of rotatable bonds is 3. The van der Waals surface area contributed by atoms with Crippen molar-refractivity contribution in [3.8, 4) is 0 Å². The van der Waals surface area contributed by atoms with Crippen LogP contribution in [0.1, 0.15) is 23.2 Å². The van der Waals surface area contributed by atoms with Crippen molar-refractivity contribution < 1.29 is 14.8 Å². The Morgan fingerprint density at radius 1 is 1.58 bits per heavy atom. The Morgan fingerprint density at radius 3 is 2.95 bits per heavy atom. The molecule has 0 radical (unpaired) electrons. The maximum Gasteiger partial charge on any atom is 0.270 e. The SMILES string of the molecule is Nc1ccc([N+](=O)[O-])cc1C(=O)N1CCCC1CO. The van der Waals surface area contributed by atoms with Crippen molar-refractivity contribution >= 4 is 17.3 Å². The Hall–Kier alpha value is -2.15. The van der Waals surface area contributed by atoms with Crippen LogP contribution in [-0.2, 0) is 0 Å². The third-order valence-electron chi connectivity index (χ3n) is 3.33. The number of non-ortho nitro benzene ring substituents is 1. The van der Waals surface area contributed by atoms with Crippen LogP contribution in [0.3, 0.4) is 0 Å². The fourth-order valence-electron chi connectivity index (χ4n) is 2.29. The van der Waals surface area contributed by atoms with Crippen LogP contribution in [-0.4, -0.2) is 40.0 Å². The van der Waals surface area contributed by atoms with E-state index in [2.05, 4.69) is 0 Å². The summed E-state index contributed by atoms with van der Waals surface area (Å²) in [7, 11) is 0. The van der Waals surface area contributed by atoms with Gasteiger partial charge >= 0.3 is 0 Å². The van der Waals surface area contributed by atoms with Gasteiger partial charge < -0.3 is 15.7 Å². The average Bonchev–Trinajstić information content (AvgIpc) is 2.86. The van der Waals surface area contributed by atoms with Gasteiger partial charge in [0.05, 0.1) is 23.1 Å². The van der Waals surface area contributed by atoms with E-state index in [9.17, 15) is 20.0 Å². The molecular weight excluding hydrogens is 250 g/mol. The lowest BCUT2D eigenvalue weighted by Crippen LogP contribution is -2.37. The molecule has 1 heterocycles. The van der Waals surface area contributed by atoms with E-state index in [0.717, 1.165) is 12.8 Å². The summed E-state index contributed by atoms with van der Waals surface area (Å²) >= 11 is 0. The number of anilines is 1. The van der Waals surface area contributed by atoms with Gasteiger partial charge in [-0.15, -0.1) is 0 Å². The van der Waals surface area contributed by atoms with E-state index in [1.165, 1.54) is 23.1 Å². The molecule has 1 fully saturated rings. The topological polar surface area (TPSA) is 110 Å². The summed E-state index contributed by atoms with van der Waals surface area (Å²) < 4.78 is 0. The fraction of sp³-hybridized carbons (Fsp3) is 0.417. The molecule has 1 unspecified atom stereocenters. The fourth-order valence-corrected chi connectivity index (χ4v) is 2.29. The molecule has 0 spiro atoms. The molecule has 19 heavy (non-hydrogen) atoms. The summed E-state index contributed by atoms with van der Waals surface area (Å²) in [4.78, 5) is 24.0. The summed E-state index contributed by atoms with van der Waals surface area (Å²) in [5, 5.41) is 19.9. The van der Waals surface area contributed by atoms with Gasteiger partial charge in [-0.2, -0.15) is 0 Å². The van der Waals surface area contributed by atoms with Crippen molar-refractivity contribution in [3.05, 3.63) is 33.9 Å². The largest absolute Gasteiger partial charge is 0.398 e. The number of aliphatic hydroxyl groups is 1. The highest BCUT2D eigenvalue weighted by Crippen LogP contribution is 2.25. The Kier molecular flexibility index (Phi) is 3.66. The van der Waals surface area contributed by atoms with Gasteiger partial charge in [-0.25, -0.2) is 0 Å². The molecule has 7 heteroatoms. The van der Waals surface area contributed by atoms with Gasteiger partial charge in [0.2, 0.25) is 0 Å². The van der Waals surface area contributed by atoms with Crippen LogP contribution in [0.5, 0.6) is 0 Å². The van der Waals surface area contributed by atoms with Crippen molar-refractivity contribution in [2.24, 2.45) is 0 Å². The highest BCUT2D eigenvalue weighted by molar-refractivity contribution is 6.00. The van der Waals surface area contributed by atoms with E-state index >= 15 is 0 Å².